The number of hydrogen-bond acceptors (Lipinski definition) is 5. The molecule has 2 unspecified atom stereocenters. The fraction of sp³-hybridized carbons (Fsp3) is 0.462. The molecule has 2 aromatic carbocycles. The maximum atomic E-state index is 14.6. The summed E-state index contributed by atoms with van der Waals surface area (Å²) >= 11 is 0. The van der Waals surface area contributed by atoms with Crippen LogP contribution in [0.2, 0.25) is 0 Å². The summed E-state index contributed by atoms with van der Waals surface area (Å²) < 4.78 is 33.7. The maximum absolute atomic E-state index is 14.6. The summed E-state index contributed by atoms with van der Waals surface area (Å²) in [5.74, 6) is -1.24. The van der Waals surface area contributed by atoms with Crippen molar-refractivity contribution in [2.24, 2.45) is 5.10 Å². The van der Waals surface area contributed by atoms with E-state index in [4.69, 9.17) is 4.74 Å². The SMILES string of the molecule is COCCN1CCN(C(C)C(=O)N2N=C(c3cc(F)ccc3F)CC2(C)c2ccccc2)CC1. The number of carbonyl (C=O) groups is 1. The van der Waals surface area contributed by atoms with Crippen molar-refractivity contribution < 1.29 is 18.3 Å². The Bertz CT molecular complexity index is 1040. The minimum absolute atomic E-state index is 0.0943. The topological polar surface area (TPSA) is 48.4 Å². The van der Waals surface area contributed by atoms with Gasteiger partial charge in [0, 0.05) is 51.8 Å². The number of amides is 1. The number of hydrogen-bond donors (Lipinski definition) is 0. The molecular weight excluding hydrogens is 438 g/mol. The van der Waals surface area contributed by atoms with E-state index < -0.39 is 23.2 Å². The van der Waals surface area contributed by atoms with Crippen LogP contribution in [-0.4, -0.2) is 78.9 Å². The molecule has 34 heavy (non-hydrogen) atoms. The third-order valence-corrected chi connectivity index (χ3v) is 6.97. The highest BCUT2D eigenvalue weighted by Crippen LogP contribution is 2.40. The second-order valence-electron chi connectivity index (χ2n) is 9.18. The van der Waals surface area contributed by atoms with Gasteiger partial charge in [0.2, 0.25) is 0 Å². The Morgan fingerprint density at radius 3 is 2.50 bits per heavy atom. The van der Waals surface area contributed by atoms with Gasteiger partial charge < -0.3 is 4.74 Å². The average molecular weight is 471 g/mol. The lowest BCUT2D eigenvalue weighted by atomic mass is 9.85. The average Bonchev–Trinajstić information content (AvgIpc) is 3.22. The van der Waals surface area contributed by atoms with Gasteiger partial charge in [0.1, 0.15) is 11.6 Å². The summed E-state index contributed by atoms with van der Waals surface area (Å²) in [7, 11) is 1.70. The molecule has 8 heteroatoms. The first kappa shape index (κ1) is 24.4. The van der Waals surface area contributed by atoms with E-state index >= 15 is 0 Å². The molecule has 1 fully saturated rings. The molecule has 4 rings (SSSR count). The molecule has 2 aliphatic rings. The Balaban J connectivity index is 1.60. The Morgan fingerprint density at radius 1 is 1.12 bits per heavy atom. The van der Waals surface area contributed by atoms with Crippen molar-refractivity contribution in [2.75, 3.05) is 46.4 Å². The fourth-order valence-electron chi connectivity index (χ4n) is 4.78. The van der Waals surface area contributed by atoms with E-state index in [1.165, 1.54) is 5.01 Å². The highest BCUT2D eigenvalue weighted by molar-refractivity contribution is 6.04. The fourth-order valence-corrected chi connectivity index (χ4v) is 4.78. The molecule has 1 saturated heterocycles. The van der Waals surface area contributed by atoms with Crippen LogP contribution in [0, 0.1) is 11.6 Å². The van der Waals surface area contributed by atoms with Crippen LogP contribution in [0.4, 0.5) is 8.78 Å². The number of halogens is 2. The number of nitrogens with zero attached hydrogens (tertiary/aromatic N) is 4. The van der Waals surface area contributed by atoms with E-state index in [9.17, 15) is 13.6 Å². The first-order chi connectivity index (χ1) is 16.3. The van der Waals surface area contributed by atoms with E-state index in [2.05, 4.69) is 14.9 Å². The molecule has 0 N–H and O–H groups in total. The van der Waals surface area contributed by atoms with Crippen molar-refractivity contribution in [3.05, 3.63) is 71.3 Å². The molecule has 0 saturated carbocycles. The largest absolute Gasteiger partial charge is 0.383 e. The summed E-state index contributed by atoms with van der Waals surface area (Å²) in [6, 6.07) is 12.6. The smallest absolute Gasteiger partial charge is 0.260 e. The van der Waals surface area contributed by atoms with E-state index in [1.807, 2.05) is 44.2 Å². The zero-order valence-electron chi connectivity index (χ0n) is 20.0. The molecule has 182 valence electrons. The lowest BCUT2D eigenvalue weighted by molar-refractivity contribution is -0.142. The van der Waals surface area contributed by atoms with Gasteiger partial charge in [-0.05, 0) is 37.6 Å². The molecule has 0 spiro atoms. The molecule has 0 aliphatic carbocycles. The number of ether oxygens (including phenoxy) is 1. The first-order valence-corrected chi connectivity index (χ1v) is 11.7. The number of methoxy groups -OCH3 is 1. The van der Waals surface area contributed by atoms with Crippen LogP contribution >= 0.6 is 0 Å². The van der Waals surface area contributed by atoms with Crippen molar-refractivity contribution in [3.8, 4) is 0 Å². The van der Waals surface area contributed by atoms with Crippen LogP contribution < -0.4 is 0 Å². The normalized spacial score (nSPS) is 22.6. The van der Waals surface area contributed by atoms with Crippen LogP contribution in [0.15, 0.2) is 53.6 Å². The highest BCUT2D eigenvalue weighted by atomic mass is 19.1. The Hall–Kier alpha value is -2.68. The second-order valence-corrected chi connectivity index (χ2v) is 9.18. The van der Waals surface area contributed by atoms with Crippen LogP contribution in [0.5, 0.6) is 0 Å². The molecule has 0 bridgehead atoms. The molecular formula is C26H32F2N4O2. The van der Waals surface area contributed by atoms with Gasteiger partial charge in [-0.1, -0.05) is 30.3 Å². The summed E-state index contributed by atoms with van der Waals surface area (Å²) in [6.45, 7) is 8.64. The predicted octanol–water partition coefficient (Wildman–Crippen LogP) is 3.47. The van der Waals surface area contributed by atoms with Gasteiger partial charge in [0.15, 0.2) is 0 Å². The standard InChI is InChI=1S/C26H32F2N4O2/c1-19(31-13-11-30(12-14-31)15-16-34-3)25(33)32-26(2,20-7-5-4-6-8-20)18-24(29-32)22-17-21(27)9-10-23(22)28/h4-10,17,19H,11-16,18H2,1-3H3. The van der Waals surface area contributed by atoms with Gasteiger partial charge in [-0.2, -0.15) is 5.10 Å². The van der Waals surface area contributed by atoms with Gasteiger partial charge in [0.05, 0.1) is 23.9 Å². The van der Waals surface area contributed by atoms with Crippen molar-refractivity contribution in [3.63, 3.8) is 0 Å². The van der Waals surface area contributed by atoms with Crippen molar-refractivity contribution >= 4 is 11.6 Å². The van der Waals surface area contributed by atoms with Crippen LogP contribution in [-0.2, 0) is 15.1 Å². The summed E-state index contributed by atoms with van der Waals surface area (Å²) in [5.41, 5.74) is 0.557. The lowest BCUT2D eigenvalue weighted by Crippen LogP contribution is -2.56. The third kappa shape index (κ3) is 4.89. The van der Waals surface area contributed by atoms with Crippen LogP contribution in [0.25, 0.3) is 0 Å². The number of piperazine rings is 1. The number of hydrazone groups is 1. The minimum atomic E-state index is -0.805. The van der Waals surface area contributed by atoms with E-state index in [0.717, 1.165) is 56.5 Å². The molecule has 0 radical (unpaired) electrons. The van der Waals surface area contributed by atoms with Crippen LogP contribution in [0.3, 0.4) is 0 Å². The Kier molecular flexibility index (Phi) is 7.40. The zero-order chi connectivity index (χ0) is 24.3. The van der Waals surface area contributed by atoms with E-state index in [0.29, 0.717) is 18.7 Å². The molecule has 2 atom stereocenters. The maximum Gasteiger partial charge on any atom is 0.260 e. The predicted molar refractivity (Wildman–Crippen MR) is 128 cm³/mol. The van der Waals surface area contributed by atoms with Crippen molar-refractivity contribution in [2.45, 2.75) is 31.8 Å². The highest BCUT2D eigenvalue weighted by Gasteiger charge is 2.46. The van der Waals surface area contributed by atoms with Gasteiger partial charge >= 0.3 is 0 Å². The second kappa shape index (κ2) is 10.3. The summed E-state index contributed by atoms with van der Waals surface area (Å²) in [6.07, 6.45) is 0.292. The van der Waals surface area contributed by atoms with Crippen LogP contribution in [0.1, 0.15) is 31.4 Å². The van der Waals surface area contributed by atoms with Gasteiger partial charge in [-0.3, -0.25) is 14.6 Å². The number of carbonyl (C=O) groups excluding carboxylic acids is 1. The first-order valence-electron chi connectivity index (χ1n) is 11.7. The van der Waals surface area contributed by atoms with E-state index in [-0.39, 0.29) is 11.5 Å². The zero-order valence-corrected chi connectivity index (χ0v) is 20.0. The molecule has 6 nitrogen and oxygen atoms in total. The number of benzene rings is 2. The third-order valence-electron chi connectivity index (χ3n) is 6.97. The van der Waals surface area contributed by atoms with Gasteiger partial charge in [0.25, 0.3) is 5.91 Å². The quantitative estimate of drug-likeness (QED) is 0.622. The molecule has 2 heterocycles. The Morgan fingerprint density at radius 2 is 1.82 bits per heavy atom. The monoisotopic (exact) mass is 470 g/mol. The summed E-state index contributed by atoms with van der Waals surface area (Å²) in [5, 5.41) is 6.09. The van der Waals surface area contributed by atoms with E-state index in [1.54, 1.807) is 7.11 Å². The van der Waals surface area contributed by atoms with Gasteiger partial charge in [-0.15, -0.1) is 0 Å². The Labute approximate surface area is 199 Å². The molecule has 2 aromatic rings. The minimum Gasteiger partial charge on any atom is -0.383 e. The molecule has 1 amide bonds. The number of rotatable bonds is 7. The molecule has 0 aromatic heterocycles. The van der Waals surface area contributed by atoms with Gasteiger partial charge in [-0.25, -0.2) is 13.8 Å². The van der Waals surface area contributed by atoms with Crippen molar-refractivity contribution in [1.29, 1.82) is 0 Å². The summed E-state index contributed by atoms with van der Waals surface area (Å²) in [4.78, 5) is 18.3. The van der Waals surface area contributed by atoms with Crippen molar-refractivity contribution in [1.82, 2.24) is 14.8 Å². The lowest BCUT2D eigenvalue weighted by Gasteiger charge is -2.40. The molecule has 2 aliphatic heterocycles.